The molecule has 1 saturated heterocycles. The summed E-state index contributed by atoms with van der Waals surface area (Å²) in [7, 11) is 0. The minimum Gasteiger partial charge on any atom is -0.488 e. The van der Waals surface area contributed by atoms with E-state index in [-0.39, 0.29) is 12.5 Å². The second kappa shape index (κ2) is 7.25. The molecule has 1 aromatic carbocycles. The minimum atomic E-state index is -0.0249. The number of para-hydroxylation sites is 1. The Hall–Kier alpha value is -2.38. The molecule has 2 aliphatic rings. The molecule has 4 rings (SSSR count). The third-order valence-electron chi connectivity index (χ3n) is 4.59. The van der Waals surface area contributed by atoms with Crippen molar-refractivity contribution < 1.29 is 14.3 Å². The number of morpholine rings is 1. The average molecular weight is 342 g/mol. The molecule has 0 saturated carbocycles. The zero-order chi connectivity index (χ0) is 17.1. The molecule has 7 nitrogen and oxygen atoms in total. The summed E-state index contributed by atoms with van der Waals surface area (Å²) in [6.45, 7) is 5.60. The fraction of sp³-hybridized carbons (Fsp3) is 0.444. The summed E-state index contributed by atoms with van der Waals surface area (Å²) in [4.78, 5) is 14.6. The fourth-order valence-corrected chi connectivity index (χ4v) is 3.28. The highest BCUT2D eigenvalue weighted by atomic mass is 16.5. The summed E-state index contributed by atoms with van der Waals surface area (Å²) in [6.07, 6.45) is 1.78. The van der Waals surface area contributed by atoms with Gasteiger partial charge in [-0.05, 0) is 12.1 Å². The second-order valence-corrected chi connectivity index (χ2v) is 6.26. The van der Waals surface area contributed by atoms with Crippen LogP contribution in [0, 0.1) is 0 Å². The Balaban J connectivity index is 1.37. The number of carbonyl (C=O) groups excluding carboxylic acids is 1. The van der Waals surface area contributed by atoms with Crippen molar-refractivity contribution in [2.24, 2.45) is 0 Å². The van der Waals surface area contributed by atoms with Gasteiger partial charge in [-0.25, -0.2) is 0 Å². The summed E-state index contributed by atoms with van der Waals surface area (Å²) in [5.41, 5.74) is 2.98. The lowest BCUT2D eigenvalue weighted by atomic mass is 10.0. The van der Waals surface area contributed by atoms with E-state index in [9.17, 15) is 4.79 Å². The van der Waals surface area contributed by atoms with E-state index in [1.807, 2.05) is 24.3 Å². The highest BCUT2D eigenvalue weighted by Gasteiger charge is 2.22. The van der Waals surface area contributed by atoms with Crippen LogP contribution in [0.3, 0.4) is 0 Å². The molecule has 3 heterocycles. The van der Waals surface area contributed by atoms with Crippen LogP contribution in [-0.2, 0) is 22.7 Å². The molecule has 7 heteroatoms. The van der Waals surface area contributed by atoms with Crippen molar-refractivity contribution in [3.8, 4) is 17.0 Å². The van der Waals surface area contributed by atoms with E-state index < -0.39 is 0 Å². The van der Waals surface area contributed by atoms with Gasteiger partial charge in [0.05, 0.1) is 25.1 Å². The van der Waals surface area contributed by atoms with Crippen LogP contribution in [-0.4, -0.2) is 60.0 Å². The smallest absolute Gasteiger partial charge is 0.241 e. The van der Waals surface area contributed by atoms with Crippen LogP contribution in [0.2, 0.25) is 0 Å². The van der Waals surface area contributed by atoms with Crippen molar-refractivity contribution >= 4 is 5.91 Å². The maximum atomic E-state index is 12.3. The molecule has 2 aromatic rings. The van der Waals surface area contributed by atoms with E-state index in [1.54, 1.807) is 10.9 Å². The maximum Gasteiger partial charge on any atom is 0.241 e. The number of hydrogen-bond donors (Lipinski definition) is 1. The summed E-state index contributed by atoms with van der Waals surface area (Å²) < 4.78 is 12.8. The van der Waals surface area contributed by atoms with Gasteiger partial charge in [0.25, 0.3) is 0 Å². The van der Waals surface area contributed by atoms with E-state index in [0.717, 1.165) is 55.4 Å². The lowest BCUT2D eigenvalue weighted by Crippen LogP contribution is -2.41. The Morgan fingerprint density at radius 1 is 1.24 bits per heavy atom. The lowest BCUT2D eigenvalue weighted by Gasteiger charge is -2.26. The molecule has 0 radical (unpaired) electrons. The van der Waals surface area contributed by atoms with Crippen molar-refractivity contribution in [1.82, 2.24) is 20.0 Å². The molecule has 0 bridgehead atoms. The van der Waals surface area contributed by atoms with E-state index in [4.69, 9.17) is 9.47 Å². The van der Waals surface area contributed by atoms with E-state index >= 15 is 0 Å². The highest BCUT2D eigenvalue weighted by molar-refractivity contribution is 5.78. The Kier molecular flexibility index (Phi) is 4.67. The van der Waals surface area contributed by atoms with Gasteiger partial charge in [-0.3, -0.25) is 14.4 Å². The standard InChI is InChI=1S/C18H22N4O3/c23-17(19-5-6-21-7-9-24-10-8-21)12-22-18-14(11-20-22)13-25-16-4-2-1-3-15(16)18/h1-4,11H,5-10,12-13H2,(H,19,23). The summed E-state index contributed by atoms with van der Waals surface area (Å²) in [5, 5.41) is 7.37. The van der Waals surface area contributed by atoms with Crippen LogP contribution >= 0.6 is 0 Å². The van der Waals surface area contributed by atoms with Gasteiger partial charge in [0.1, 0.15) is 18.9 Å². The number of benzene rings is 1. The molecule has 2 aliphatic heterocycles. The molecule has 0 spiro atoms. The number of fused-ring (bicyclic) bond motifs is 3. The Bertz CT molecular complexity index is 753. The van der Waals surface area contributed by atoms with Gasteiger partial charge >= 0.3 is 0 Å². The van der Waals surface area contributed by atoms with Gasteiger partial charge in [-0.1, -0.05) is 12.1 Å². The number of nitrogens with one attached hydrogen (secondary N) is 1. The molecule has 1 fully saturated rings. The minimum absolute atomic E-state index is 0.0249. The van der Waals surface area contributed by atoms with E-state index in [2.05, 4.69) is 15.3 Å². The SMILES string of the molecule is O=C(Cn1ncc2c1-c1ccccc1OC2)NCCN1CCOCC1. The number of hydrogen-bond acceptors (Lipinski definition) is 5. The molecule has 1 aromatic heterocycles. The molecule has 0 atom stereocenters. The topological polar surface area (TPSA) is 68.6 Å². The fourth-order valence-electron chi connectivity index (χ4n) is 3.28. The third-order valence-corrected chi connectivity index (χ3v) is 4.59. The van der Waals surface area contributed by atoms with E-state index in [0.29, 0.717) is 13.2 Å². The summed E-state index contributed by atoms with van der Waals surface area (Å²) in [6, 6.07) is 7.86. The molecule has 1 amide bonds. The van der Waals surface area contributed by atoms with Crippen molar-refractivity contribution in [1.29, 1.82) is 0 Å². The number of rotatable bonds is 5. The van der Waals surface area contributed by atoms with Crippen molar-refractivity contribution in [3.05, 3.63) is 36.0 Å². The first-order chi connectivity index (χ1) is 12.3. The molecule has 132 valence electrons. The molecule has 0 aliphatic carbocycles. The second-order valence-electron chi connectivity index (χ2n) is 6.26. The van der Waals surface area contributed by atoms with Crippen molar-refractivity contribution in [3.63, 3.8) is 0 Å². The first-order valence-electron chi connectivity index (χ1n) is 8.65. The van der Waals surface area contributed by atoms with Gasteiger partial charge < -0.3 is 14.8 Å². The van der Waals surface area contributed by atoms with Crippen molar-refractivity contribution in [2.75, 3.05) is 39.4 Å². The van der Waals surface area contributed by atoms with Gasteiger partial charge in [0, 0.05) is 37.3 Å². The maximum absolute atomic E-state index is 12.3. The number of amides is 1. The largest absolute Gasteiger partial charge is 0.488 e. The van der Waals surface area contributed by atoms with Gasteiger partial charge in [0.2, 0.25) is 5.91 Å². The van der Waals surface area contributed by atoms with Gasteiger partial charge in [-0.15, -0.1) is 0 Å². The molecule has 1 N–H and O–H groups in total. The molecule has 0 unspecified atom stereocenters. The van der Waals surface area contributed by atoms with E-state index in [1.165, 1.54) is 0 Å². The Labute approximate surface area is 146 Å². The predicted molar refractivity (Wildman–Crippen MR) is 92.3 cm³/mol. The molecular weight excluding hydrogens is 320 g/mol. The van der Waals surface area contributed by atoms with Crippen LogP contribution in [0.4, 0.5) is 0 Å². The lowest BCUT2D eigenvalue weighted by molar-refractivity contribution is -0.121. The highest BCUT2D eigenvalue weighted by Crippen LogP contribution is 2.36. The zero-order valence-electron chi connectivity index (χ0n) is 14.1. The Morgan fingerprint density at radius 2 is 2.08 bits per heavy atom. The quantitative estimate of drug-likeness (QED) is 0.874. The zero-order valence-corrected chi connectivity index (χ0v) is 14.1. The summed E-state index contributed by atoms with van der Waals surface area (Å²) in [5.74, 6) is 0.813. The first kappa shape index (κ1) is 16.1. The van der Waals surface area contributed by atoms with Crippen LogP contribution < -0.4 is 10.1 Å². The predicted octanol–water partition coefficient (Wildman–Crippen LogP) is 0.891. The van der Waals surface area contributed by atoms with Crippen LogP contribution in [0.15, 0.2) is 30.5 Å². The van der Waals surface area contributed by atoms with Gasteiger partial charge in [-0.2, -0.15) is 5.10 Å². The summed E-state index contributed by atoms with van der Waals surface area (Å²) >= 11 is 0. The first-order valence-corrected chi connectivity index (χ1v) is 8.65. The normalized spacial score (nSPS) is 16.6. The van der Waals surface area contributed by atoms with Crippen LogP contribution in [0.5, 0.6) is 5.75 Å². The molecular formula is C18H22N4O3. The van der Waals surface area contributed by atoms with Crippen molar-refractivity contribution in [2.45, 2.75) is 13.2 Å². The Morgan fingerprint density at radius 3 is 2.96 bits per heavy atom. The number of ether oxygens (including phenoxy) is 2. The molecule has 25 heavy (non-hydrogen) atoms. The van der Waals surface area contributed by atoms with Crippen LogP contribution in [0.25, 0.3) is 11.3 Å². The van der Waals surface area contributed by atoms with Crippen LogP contribution in [0.1, 0.15) is 5.56 Å². The number of aromatic nitrogens is 2. The average Bonchev–Trinajstić information content (AvgIpc) is 3.06. The third kappa shape index (κ3) is 3.52. The number of nitrogens with zero attached hydrogens (tertiary/aromatic N) is 3. The van der Waals surface area contributed by atoms with Gasteiger partial charge in [0.15, 0.2) is 0 Å². The monoisotopic (exact) mass is 342 g/mol. The number of carbonyl (C=O) groups is 1.